The zero-order valence-electron chi connectivity index (χ0n) is 9.81. The number of nitrogens with two attached hydrogens (primary N) is 1. The topological polar surface area (TPSA) is 52.3 Å². The van der Waals surface area contributed by atoms with Gasteiger partial charge in [0.25, 0.3) is 0 Å². The lowest BCUT2D eigenvalue weighted by Gasteiger charge is -2.12. The largest absolute Gasteiger partial charge is 0.496 e. The second-order valence-electron chi connectivity index (χ2n) is 3.75. The lowest BCUT2D eigenvalue weighted by Crippen LogP contribution is -2.12. The summed E-state index contributed by atoms with van der Waals surface area (Å²) in [4.78, 5) is 11.4. The number of ether oxygens (including phenoxy) is 1. The van der Waals surface area contributed by atoms with E-state index in [9.17, 15) is 9.18 Å². The van der Waals surface area contributed by atoms with Crippen LogP contribution in [0.2, 0.25) is 0 Å². The molecular weight excluding hydrogens is 233 g/mol. The maximum Gasteiger partial charge on any atom is 0.249 e. The minimum atomic E-state index is -0.548. The number of hydrogen-bond donors (Lipinski definition) is 1. The van der Waals surface area contributed by atoms with E-state index in [1.807, 2.05) is 0 Å². The van der Waals surface area contributed by atoms with Gasteiger partial charge in [-0.25, -0.2) is 4.39 Å². The highest BCUT2D eigenvalue weighted by Crippen LogP contribution is 2.33. The maximum absolute atomic E-state index is 12.9. The Morgan fingerprint density at radius 3 is 2.39 bits per heavy atom. The Hall–Kier alpha value is -2.36. The molecule has 1 amide bonds. The van der Waals surface area contributed by atoms with Gasteiger partial charge in [0, 0.05) is 5.56 Å². The summed E-state index contributed by atoms with van der Waals surface area (Å²) in [6, 6.07) is 10.8. The Morgan fingerprint density at radius 1 is 1.17 bits per heavy atom. The van der Waals surface area contributed by atoms with Crippen LogP contribution in [-0.2, 0) is 0 Å². The molecule has 0 atom stereocenters. The highest BCUT2D eigenvalue weighted by molar-refractivity contribution is 6.01. The molecule has 0 aliphatic heterocycles. The molecule has 2 N–H and O–H groups in total. The Morgan fingerprint density at radius 2 is 1.83 bits per heavy atom. The van der Waals surface area contributed by atoms with Crippen LogP contribution in [-0.4, -0.2) is 13.0 Å². The van der Waals surface area contributed by atoms with Gasteiger partial charge < -0.3 is 10.5 Å². The lowest BCUT2D eigenvalue weighted by molar-refractivity contribution is 0.100. The van der Waals surface area contributed by atoms with Crippen LogP contribution in [0, 0.1) is 5.82 Å². The predicted octanol–water partition coefficient (Wildman–Crippen LogP) is 2.60. The van der Waals surface area contributed by atoms with Crippen LogP contribution >= 0.6 is 0 Å². The molecule has 0 radical (unpaired) electrons. The number of rotatable bonds is 3. The second-order valence-corrected chi connectivity index (χ2v) is 3.75. The van der Waals surface area contributed by atoms with E-state index in [-0.39, 0.29) is 5.82 Å². The molecule has 2 rings (SSSR count). The van der Waals surface area contributed by atoms with E-state index in [1.54, 1.807) is 30.3 Å². The number of carbonyl (C=O) groups is 1. The van der Waals surface area contributed by atoms with Crippen molar-refractivity contribution in [3.63, 3.8) is 0 Å². The van der Waals surface area contributed by atoms with Crippen molar-refractivity contribution in [2.24, 2.45) is 5.73 Å². The monoisotopic (exact) mass is 245 g/mol. The second kappa shape index (κ2) is 4.87. The zero-order valence-corrected chi connectivity index (χ0v) is 9.81. The van der Waals surface area contributed by atoms with Gasteiger partial charge in [-0.3, -0.25) is 4.79 Å². The SMILES string of the molecule is COc1cccc(C(N)=O)c1-c1ccc(F)cc1. The van der Waals surface area contributed by atoms with Gasteiger partial charge in [0.15, 0.2) is 0 Å². The van der Waals surface area contributed by atoms with E-state index in [1.165, 1.54) is 19.2 Å². The fraction of sp³-hybridized carbons (Fsp3) is 0.0714. The van der Waals surface area contributed by atoms with Crippen molar-refractivity contribution in [3.8, 4) is 16.9 Å². The highest BCUT2D eigenvalue weighted by Gasteiger charge is 2.14. The Kier molecular flexibility index (Phi) is 3.28. The van der Waals surface area contributed by atoms with Gasteiger partial charge in [0.2, 0.25) is 5.91 Å². The van der Waals surface area contributed by atoms with E-state index in [0.717, 1.165) is 0 Å². The number of primary amides is 1. The summed E-state index contributed by atoms with van der Waals surface area (Å²) in [5.74, 6) is -0.361. The third kappa shape index (κ3) is 2.18. The first-order valence-corrected chi connectivity index (χ1v) is 5.36. The van der Waals surface area contributed by atoms with Crippen molar-refractivity contribution in [1.29, 1.82) is 0 Å². The summed E-state index contributed by atoms with van der Waals surface area (Å²) < 4.78 is 18.1. The molecule has 0 bridgehead atoms. The summed E-state index contributed by atoms with van der Waals surface area (Å²) >= 11 is 0. The molecule has 3 nitrogen and oxygen atoms in total. The smallest absolute Gasteiger partial charge is 0.249 e. The van der Waals surface area contributed by atoms with Crippen molar-refractivity contribution in [2.45, 2.75) is 0 Å². The zero-order chi connectivity index (χ0) is 13.1. The van der Waals surface area contributed by atoms with Crippen molar-refractivity contribution in [1.82, 2.24) is 0 Å². The molecule has 0 unspecified atom stereocenters. The van der Waals surface area contributed by atoms with E-state index in [4.69, 9.17) is 10.5 Å². The number of benzene rings is 2. The third-order valence-corrected chi connectivity index (χ3v) is 2.64. The molecule has 0 heterocycles. The van der Waals surface area contributed by atoms with Crippen LogP contribution < -0.4 is 10.5 Å². The maximum atomic E-state index is 12.9. The minimum absolute atomic E-state index is 0.339. The Labute approximate surface area is 104 Å². The Balaban J connectivity index is 2.67. The summed E-state index contributed by atoms with van der Waals surface area (Å²) in [5.41, 5.74) is 6.94. The van der Waals surface area contributed by atoms with Crippen LogP contribution in [0.3, 0.4) is 0 Å². The molecular formula is C14H12FNO2. The van der Waals surface area contributed by atoms with Crippen molar-refractivity contribution in [2.75, 3.05) is 7.11 Å². The molecule has 18 heavy (non-hydrogen) atoms. The van der Waals surface area contributed by atoms with Crippen molar-refractivity contribution < 1.29 is 13.9 Å². The van der Waals surface area contributed by atoms with Gasteiger partial charge in [0.1, 0.15) is 11.6 Å². The fourth-order valence-electron chi connectivity index (χ4n) is 1.82. The molecule has 0 aromatic heterocycles. The van der Waals surface area contributed by atoms with Crippen LogP contribution in [0.4, 0.5) is 4.39 Å². The highest BCUT2D eigenvalue weighted by atomic mass is 19.1. The van der Waals surface area contributed by atoms with Crippen molar-refractivity contribution in [3.05, 3.63) is 53.8 Å². The average molecular weight is 245 g/mol. The van der Waals surface area contributed by atoms with Gasteiger partial charge >= 0.3 is 0 Å². The summed E-state index contributed by atoms with van der Waals surface area (Å²) in [5, 5.41) is 0. The number of hydrogen-bond acceptors (Lipinski definition) is 2. The van der Waals surface area contributed by atoms with Gasteiger partial charge in [-0.2, -0.15) is 0 Å². The number of amides is 1. The standard InChI is InChI=1S/C14H12FNO2/c1-18-12-4-2-3-11(14(16)17)13(12)9-5-7-10(15)8-6-9/h2-8H,1H3,(H2,16,17). The summed E-state index contributed by atoms with van der Waals surface area (Å²) in [6.07, 6.45) is 0. The summed E-state index contributed by atoms with van der Waals surface area (Å²) in [7, 11) is 1.51. The molecule has 0 saturated heterocycles. The molecule has 0 fully saturated rings. The predicted molar refractivity (Wildman–Crippen MR) is 66.9 cm³/mol. The van der Waals surface area contributed by atoms with E-state index >= 15 is 0 Å². The molecule has 0 spiro atoms. The van der Waals surface area contributed by atoms with Gasteiger partial charge in [-0.05, 0) is 29.8 Å². The first-order valence-electron chi connectivity index (χ1n) is 5.36. The normalized spacial score (nSPS) is 10.1. The average Bonchev–Trinajstić information content (AvgIpc) is 2.38. The van der Waals surface area contributed by atoms with Crippen LogP contribution in [0.25, 0.3) is 11.1 Å². The first-order chi connectivity index (χ1) is 8.63. The molecule has 92 valence electrons. The van der Waals surface area contributed by atoms with Gasteiger partial charge in [0.05, 0.1) is 12.7 Å². The molecule has 4 heteroatoms. The summed E-state index contributed by atoms with van der Waals surface area (Å²) in [6.45, 7) is 0. The quantitative estimate of drug-likeness (QED) is 0.903. The van der Waals surface area contributed by atoms with E-state index in [0.29, 0.717) is 22.4 Å². The van der Waals surface area contributed by atoms with Crippen LogP contribution in [0.15, 0.2) is 42.5 Å². The fourth-order valence-corrected chi connectivity index (χ4v) is 1.82. The van der Waals surface area contributed by atoms with E-state index in [2.05, 4.69) is 0 Å². The van der Waals surface area contributed by atoms with Crippen LogP contribution in [0.1, 0.15) is 10.4 Å². The van der Waals surface area contributed by atoms with Gasteiger partial charge in [-0.1, -0.05) is 18.2 Å². The molecule has 2 aromatic carbocycles. The molecule has 0 aliphatic rings. The number of halogens is 1. The minimum Gasteiger partial charge on any atom is -0.496 e. The van der Waals surface area contributed by atoms with Crippen LogP contribution in [0.5, 0.6) is 5.75 Å². The number of methoxy groups -OCH3 is 1. The third-order valence-electron chi connectivity index (χ3n) is 2.64. The first kappa shape index (κ1) is 12.1. The van der Waals surface area contributed by atoms with Gasteiger partial charge in [-0.15, -0.1) is 0 Å². The number of carbonyl (C=O) groups excluding carboxylic acids is 1. The molecule has 0 aliphatic carbocycles. The molecule has 2 aromatic rings. The lowest BCUT2D eigenvalue weighted by atomic mass is 9.98. The Bertz CT molecular complexity index is 579. The van der Waals surface area contributed by atoms with Crippen molar-refractivity contribution >= 4 is 5.91 Å². The molecule has 0 saturated carbocycles. The van der Waals surface area contributed by atoms with E-state index < -0.39 is 5.91 Å².